The molecular weight excluding hydrogens is 360 g/mol. The molecule has 0 amide bonds. The third-order valence-corrected chi connectivity index (χ3v) is 5.12. The number of ether oxygens (including phenoxy) is 1. The predicted octanol–water partition coefficient (Wildman–Crippen LogP) is 5.20. The standard InChI is InChI=1S/C25H32N2O2/c1-6-29-22-11-9-20(10-12-22)15-27(14-17(2)3)16-21-13-23(28)24-18(4)7-8-19(5)25(24)26-21/h7-13,17H,6,14-16H2,1-5H3,(H,26,28). The van der Waals surface area contributed by atoms with E-state index in [4.69, 9.17) is 4.74 Å². The van der Waals surface area contributed by atoms with E-state index in [1.807, 2.05) is 39.0 Å². The Balaban J connectivity index is 1.86. The van der Waals surface area contributed by atoms with Crippen LogP contribution in [0.2, 0.25) is 0 Å². The molecule has 0 spiro atoms. The van der Waals surface area contributed by atoms with Crippen LogP contribution in [0.5, 0.6) is 5.75 Å². The van der Waals surface area contributed by atoms with E-state index in [1.54, 1.807) is 6.07 Å². The number of aromatic nitrogens is 1. The van der Waals surface area contributed by atoms with Crippen LogP contribution in [0.1, 0.15) is 43.2 Å². The summed E-state index contributed by atoms with van der Waals surface area (Å²) in [4.78, 5) is 18.7. The minimum atomic E-state index is 0.0977. The summed E-state index contributed by atoms with van der Waals surface area (Å²) < 4.78 is 5.55. The molecule has 0 saturated heterocycles. The van der Waals surface area contributed by atoms with E-state index >= 15 is 0 Å². The van der Waals surface area contributed by atoms with Gasteiger partial charge in [-0.3, -0.25) is 9.69 Å². The van der Waals surface area contributed by atoms with Crippen LogP contribution in [0.4, 0.5) is 0 Å². The zero-order valence-electron chi connectivity index (χ0n) is 18.2. The second-order valence-electron chi connectivity index (χ2n) is 8.25. The van der Waals surface area contributed by atoms with Gasteiger partial charge in [0, 0.05) is 36.8 Å². The molecule has 0 radical (unpaired) electrons. The normalized spacial score (nSPS) is 11.6. The van der Waals surface area contributed by atoms with Crippen molar-refractivity contribution in [1.82, 2.24) is 9.88 Å². The maximum Gasteiger partial charge on any atom is 0.189 e. The number of hydrogen-bond donors (Lipinski definition) is 1. The van der Waals surface area contributed by atoms with Gasteiger partial charge in [0.25, 0.3) is 0 Å². The van der Waals surface area contributed by atoms with Gasteiger partial charge < -0.3 is 9.72 Å². The van der Waals surface area contributed by atoms with Crippen molar-refractivity contribution >= 4 is 10.9 Å². The van der Waals surface area contributed by atoms with Crippen molar-refractivity contribution in [2.45, 2.75) is 47.7 Å². The van der Waals surface area contributed by atoms with Crippen molar-refractivity contribution in [3.05, 3.63) is 75.1 Å². The van der Waals surface area contributed by atoms with Crippen molar-refractivity contribution in [3.8, 4) is 5.75 Å². The highest BCUT2D eigenvalue weighted by molar-refractivity contribution is 5.84. The van der Waals surface area contributed by atoms with Crippen LogP contribution in [-0.4, -0.2) is 23.0 Å². The summed E-state index contributed by atoms with van der Waals surface area (Å²) in [6, 6.07) is 14.1. The molecule has 0 saturated carbocycles. The van der Waals surface area contributed by atoms with Crippen LogP contribution >= 0.6 is 0 Å². The van der Waals surface area contributed by atoms with Gasteiger partial charge in [0.1, 0.15) is 5.75 Å². The van der Waals surface area contributed by atoms with Crippen LogP contribution in [0.3, 0.4) is 0 Å². The highest BCUT2D eigenvalue weighted by atomic mass is 16.5. The van der Waals surface area contributed by atoms with Crippen molar-refractivity contribution in [1.29, 1.82) is 0 Å². The summed E-state index contributed by atoms with van der Waals surface area (Å²) in [5, 5.41) is 0.802. The van der Waals surface area contributed by atoms with Crippen LogP contribution in [-0.2, 0) is 13.1 Å². The Bertz CT molecular complexity index is 1020. The molecule has 3 rings (SSSR count). The quantitative estimate of drug-likeness (QED) is 0.573. The zero-order valence-corrected chi connectivity index (χ0v) is 18.2. The monoisotopic (exact) mass is 392 g/mol. The minimum absolute atomic E-state index is 0.0977. The Morgan fingerprint density at radius 3 is 2.34 bits per heavy atom. The van der Waals surface area contributed by atoms with Gasteiger partial charge in [-0.1, -0.05) is 38.1 Å². The molecule has 3 aromatic rings. The maximum atomic E-state index is 12.8. The summed E-state index contributed by atoms with van der Waals surface area (Å²) in [6.07, 6.45) is 0. The Morgan fingerprint density at radius 1 is 1.00 bits per heavy atom. The third kappa shape index (κ3) is 5.27. The summed E-state index contributed by atoms with van der Waals surface area (Å²) in [5.41, 5.74) is 5.38. The molecule has 2 aromatic carbocycles. The van der Waals surface area contributed by atoms with Crippen LogP contribution < -0.4 is 10.2 Å². The summed E-state index contributed by atoms with van der Waals surface area (Å²) >= 11 is 0. The van der Waals surface area contributed by atoms with E-state index in [-0.39, 0.29) is 5.43 Å². The largest absolute Gasteiger partial charge is 0.494 e. The van der Waals surface area contributed by atoms with Crippen LogP contribution in [0.15, 0.2) is 47.3 Å². The summed E-state index contributed by atoms with van der Waals surface area (Å²) in [7, 11) is 0. The minimum Gasteiger partial charge on any atom is -0.494 e. The summed E-state index contributed by atoms with van der Waals surface area (Å²) in [6.45, 7) is 13.7. The Kier molecular flexibility index (Phi) is 6.75. The molecule has 0 unspecified atom stereocenters. The third-order valence-electron chi connectivity index (χ3n) is 5.12. The fourth-order valence-corrected chi connectivity index (χ4v) is 3.86. The number of aromatic amines is 1. The van der Waals surface area contributed by atoms with E-state index in [1.165, 1.54) is 5.56 Å². The molecule has 0 aliphatic carbocycles. The highest BCUT2D eigenvalue weighted by Gasteiger charge is 2.13. The fourth-order valence-electron chi connectivity index (χ4n) is 3.86. The SMILES string of the molecule is CCOc1ccc(CN(Cc2cc(=O)c3c(C)ccc(C)c3[nH]2)CC(C)C)cc1. The molecule has 4 nitrogen and oxygen atoms in total. The van der Waals surface area contributed by atoms with Crippen molar-refractivity contribution < 1.29 is 4.74 Å². The van der Waals surface area contributed by atoms with Crippen LogP contribution in [0.25, 0.3) is 10.9 Å². The number of benzene rings is 2. The highest BCUT2D eigenvalue weighted by Crippen LogP contribution is 2.19. The lowest BCUT2D eigenvalue weighted by Crippen LogP contribution is -2.28. The smallest absolute Gasteiger partial charge is 0.189 e. The molecule has 1 aromatic heterocycles. The molecule has 1 N–H and O–H groups in total. The average Bonchev–Trinajstić information content (AvgIpc) is 2.66. The second-order valence-corrected chi connectivity index (χ2v) is 8.25. The first-order chi connectivity index (χ1) is 13.9. The molecular formula is C25H32N2O2. The lowest BCUT2D eigenvalue weighted by atomic mass is 10.0. The van der Waals surface area contributed by atoms with Gasteiger partial charge >= 0.3 is 0 Å². The first-order valence-corrected chi connectivity index (χ1v) is 10.4. The number of H-pyrrole nitrogens is 1. The predicted molar refractivity (Wildman–Crippen MR) is 121 cm³/mol. The van der Waals surface area contributed by atoms with Crippen LogP contribution in [0, 0.1) is 19.8 Å². The van der Waals surface area contributed by atoms with Gasteiger partial charge in [-0.2, -0.15) is 0 Å². The molecule has 0 aliphatic heterocycles. The van der Waals surface area contributed by atoms with Gasteiger partial charge in [0.15, 0.2) is 5.43 Å². The topological polar surface area (TPSA) is 45.3 Å². The van der Waals surface area contributed by atoms with E-state index in [2.05, 4.69) is 41.9 Å². The van der Waals surface area contributed by atoms with E-state index in [9.17, 15) is 4.79 Å². The maximum absolute atomic E-state index is 12.8. The Hall–Kier alpha value is -2.59. The zero-order chi connectivity index (χ0) is 21.0. The van der Waals surface area contributed by atoms with Crippen molar-refractivity contribution in [2.75, 3.05) is 13.2 Å². The van der Waals surface area contributed by atoms with Crippen molar-refractivity contribution in [3.63, 3.8) is 0 Å². The number of fused-ring (bicyclic) bond motifs is 1. The lowest BCUT2D eigenvalue weighted by molar-refractivity contribution is 0.225. The van der Waals surface area contributed by atoms with E-state index < -0.39 is 0 Å². The molecule has 4 heteroatoms. The number of aryl methyl sites for hydroxylation is 2. The molecule has 0 atom stereocenters. The molecule has 0 bridgehead atoms. The van der Waals surface area contributed by atoms with Gasteiger partial charge in [0.05, 0.1) is 12.1 Å². The van der Waals surface area contributed by atoms with E-state index in [0.29, 0.717) is 19.1 Å². The Morgan fingerprint density at radius 2 is 1.69 bits per heavy atom. The molecule has 29 heavy (non-hydrogen) atoms. The number of pyridine rings is 1. The van der Waals surface area contributed by atoms with Gasteiger partial charge in [-0.15, -0.1) is 0 Å². The second kappa shape index (κ2) is 9.27. The first kappa shape index (κ1) is 21.1. The van der Waals surface area contributed by atoms with Crippen molar-refractivity contribution in [2.24, 2.45) is 5.92 Å². The number of nitrogens with zero attached hydrogens (tertiary/aromatic N) is 1. The fraction of sp³-hybridized carbons (Fsp3) is 0.400. The summed E-state index contributed by atoms with van der Waals surface area (Å²) in [5.74, 6) is 1.44. The van der Waals surface area contributed by atoms with Gasteiger partial charge in [0.2, 0.25) is 0 Å². The number of nitrogens with one attached hydrogen (secondary N) is 1. The first-order valence-electron chi connectivity index (χ1n) is 10.4. The number of rotatable bonds is 8. The molecule has 0 fully saturated rings. The number of hydrogen-bond acceptors (Lipinski definition) is 3. The molecule has 1 heterocycles. The Labute approximate surface area is 173 Å². The molecule has 154 valence electrons. The van der Waals surface area contributed by atoms with Gasteiger partial charge in [-0.05, 0) is 55.5 Å². The van der Waals surface area contributed by atoms with Gasteiger partial charge in [-0.25, -0.2) is 0 Å². The lowest BCUT2D eigenvalue weighted by Gasteiger charge is -2.25. The molecule has 0 aliphatic rings. The van der Waals surface area contributed by atoms with E-state index in [0.717, 1.165) is 46.6 Å². The average molecular weight is 393 g/mol.